The maximum Gasteiger partial charge on any atom is 0.161 e. The number of hydrogen-bond donors (Lipinski definition) is 0. The fourth-order valence-electron chi connectivity index (χ4n) is 3.28. The van der Waals surface area contributed by atoms with Crippen molar-refractivity contribution in [3.8, 4) is 0 Å². The maximum atomic E-state index is 4.20. The summed E-state index contributed by atoms with van der Waals surface area (Å²) in [5, 5.41) is 16.2. The summed E-state index contributed by atoms with van der Waals surface area (Å²) in [4.78, 5) is 4.20. The van der Waals surface area contributed by atoms with E-state index in [0.29, 0.717) is 0 Å². The maximum absolute atomic E-state index is 4.20. The molecule has 5 rings (SSSR count). The summed E-state index contributed by atoms with van der Waals surface area (Å²) in [5.74, 6) is 2.04. The molecule has 5 heterocycles. The van der Waals surface area contributed by atoms with Crippen molar-refractivity contribution in [3.05, 3.63) is 89.0 Å². The van der Waals surface area contributed by atoms with Gasteiger partial charge in [0.2, 0.25) is 0 Å². The molecule has 172 valence electrons. The zero-order valence-electron chi connectivity index (χ0n) is 20.4. The Hall–Kier alpha value is -3.61. The zero-order chi connectivity index (χ0) is 23.8. The van der Waals surface area contributed by atoms with Crippen LogP contribution in [0.25, 0.3) is 11.3 Å². The van der Waals surface area contributed by atoms with Crippen molar-refractivity contribution in [3.63, 3.8) is 0 Å². The molecule has 33 heavy (non-hydrogen) atoms. The summed E-state index contributed by atoms with van der Waals surface area (Å²) in [6.07, 6.45) is 8.85. The summed E-state index contributed by atoms with van der Waals surface area (Å²) in [5.41, 5.74) is 6.71. The average Bonchev–Trinajstić information content (AvgIpc) is 3.43. The minimum atomic E-state index is 0.921. The Kier molecular flexibility index (Phi) is 8.24. The number of pyridine rings is 3. The van der Waals surface area contributed by atoms with Gasteiger partial charge >= 0.3 is 0 Å². The van der Waals surface area contributed by atoms with Crippen molar-refractivity contribution < 1.29 is 0 Å². The van der Waals surface area contributed by atoms with Gasteiger partial charge in [0.15, 0.2) is 11.3 Å². The third kappa shape index (κ3) is 6.22. The standard InChI is InChI=1S/2C9H11N3.C8H11N/c1-3-8-10-11-9-6-7(2)4-5-12(8)9;1-3-8-10-11-9-5-4-7(2)6-12(8)9;1-3-8-5-4-7(2)6-9-8/h2*4-6H,3H2,1-2H3;4-6H,3H2,1-2H3. The summed E-state index contributed by atoms with van der Waals surface area (Å²) in [7, 11) is 0. The summed E-state index contributed by atoms with van der Waals surface area (Å²) >= 11 is 0. The van der Waals surface area contributed by atoms with E-state index in [4.69, 9.17) is 0 Å². The topological polar surface area (TPSA) is 73.3 Å². The van der Waals surface area contributed by atoms with Gasteiger partial charge in [-0.15, -0.1) is 20.4 Å². The van der Waals surface area contributed by atoms with Crippen LogP contribution in [0.15, 0.2) is 55.0 Å². The smallest absolute Gasteiger partial charge is 0.161 e. The predicted molar refractivity (Wildman–Crippen MR) is 133 cm³/mol. The van der Waals surface area contributed by atoms with Gasteiger partial charge in [-0.2, -0.15) is 0 Å². The average molecular weight is 444 g/mol. The first kappa shape index (κ1) is 24.0. The molecule has 0 unspecified atom stereocenters. The first-order valence-corrected chi connectivity index (χ1v) is 11.5. The number of hydrogen-bond acceptors (Lipinski definition) is 5. The van der Waals surface area contributed by atoms with Gasteiger partial charge < -0.3 is 0 Å². The SMILES string of the molecule is CCc1ccc(C)cn1.CCc1nnc2cc(C)ccn12.CCc1nnc2ccc(C)cn12. The lowest BCUT2D eigenvalue weighted by molar-refractivity contribution is 0.907. The van der Waals surface area contributed by atoms with Gasteiger partial charge in [-0.25, -0.2) is 0 Å². The molecular formula is C26H33N7. The molecule has 5 aromatic rings. The van der Waals surface area contributed by atoms with E-state index in [1.54, 1.807) is 0 Å². The lowest BCUT2D eigenvalue weighted by atomic mass is 10.2. The van der Waals surface area contributed by atoms with Crippen LogP contribution in [0.2, 0.25) is 0 Å². The molecule has 7 nitrogen and oxygen atoms in total. The normalized spacial score (nSPS) is 10.5. The Morgan fingerprint density at radius 1 is 0.636 bits per heavy atom. The van der Waals surface area contributed by atoms with Crippen LogP contribution in [-0.2, 0) is 19.3 Å². The van der Waals surface area contributed by atoms with Crippen LogP contribution in [0.1, 0.15) is 54.8 Å². The highest BCUT2D eigenvalue weighted by atomic mass is 15.2. The number of aromatic nitrogens is 7. The molecule has 0 aliphatic rings. The lowest BCUT2D eigenvalue weighted by Crippen LogP contribution is -1.92. The quantitative estimate of drug-likeness (QED) is 0.385. The monoisotopic (exact) mass is 443 g/mol. The van der Waals surface area contributed by atoms with Crippen molar-refractivity contribution in [1.82, 2.24) is 34.2 Å². The Morgan fingerprint density at radius 2 is 1.30 bits per heavy atom. The van der Waals surface area contributed by atoms with Gasteiger partial charge in [0.05, 0.1) is 0 Å². The molecule has 0 bridgehead atoms. The molecule has 0 atom stereocenters. The molecule has 0 spiro atoms. The third-order valence-corrected chi connectivity index (χ3v) is 5.22. The summed E-state index contributed by atoms with van der Waals surface area (Å²) in [6, 6.07) is 12.3. The van der Waals surface area contributed by atoms with Crippen LogP contribution in [0.4, 0.5) is 0 Å². The van der Waals surface area contributed by atoms with Gasteiger partial charge in [-0.05, 0) is 68.1 Å². The largest absolute Gasteiger partial charge is 0.286 e. The molecule has 0 saturated heterocycles. The van der Waals surface area contributed by atoms with Crippen molar-refractivity contribution >= 4 is 11.3 Å². The highest BCUT2D eigenvalue weighted by Gasteiger charge is 2.02. The molecule has 7 heteroatoms. The van der Waals surface area contributed by atoms with E-state index in [9.17, 15) is 0 Å². The number of aryl methyl sites for hydroxylation is 6. The minimum absolute atomic E-state index is 0.921. The van der Waals surface area contributed by atoms with Crippen LogP contribution >= 0.6 is 0 Å². The minimum Gasteiger partial charge on any atom is -0.286 e. The molecular weight excluding hydrogens is 410 g/mol. The molecule has 0 aliphatic carbocycles. The summed E-state index contributed by atoms with van der Waals surface area (Å²) in [6.45, 7) is 12.4. The van der Waals surface area contributed by atoms with Crippen LogP contribution < -0.4 is 0 Å². The number of fused-ring (bicyclic) bond motifs is 2. The molecule has 0 aliphatic heterocycles. The second kappa shape index (κ2) is 11.3. The third-order valence-electron chi connectivity index (χ3n) is 5.22. The fraction of sp³-hybridized carbons (Fsp3) is 0.346. The van der Waals surface area contributed by atoms with E-state index < -0.39 is 0 Å². The van der Waals surface area contributed by atoms with E-state index in [1.807, 2.05) is 46.3 Å². The van der Waals surface area contributed by atoms with E-state index >= 15 is 0 Å². The Labute approximate surface area is 195 Å². The van der Waals surface area contributed by atoms with Crippen LogP contribution in [0.3, 0.4) is 0 Å². The van der Waals surface area contributed by atoms with Crippen LogP contribution in [-0.4, -0.2) is 34.2 Å². The highest BCUT2D eigenvalue weighted by Crippen LogP contribution is 2.07. The molecule has 0 fully saturated rings. The molecule has 5 aromatic heterocycles. The van der Waals surface area contributed by atoms with Gasteiger partial charge in [0.25, 0.3) is 0 Å². The molecule has 0 N–H and O–H groups in total. The molecule has 0 aromatic carbocycles. The van der Waals surface area contributed by atoms with Gasteiger partial charge in [-0.1, -0.05) is 32.9 Å². The highest BCUT2D eigenvalue weighted by molar-refractivity contribution is 5.40. The van der Waals surface area contributed by atoms with Crippen molar-refractivity contribution in [2.45, 2.75) is 60.8 Å². The number of nitrogens with zero attached hydrogens (tertiary/aromatic N) is 7. The van der Waals surface area contributed by atoms with Crippen LogP contribution in [0, 0.1) is 20.8 Å². The van der Waals surface area contributed by atoms with E-state index in [2.05, 4.69) is 84.4 Å². The van der Waals surface area contributed by atoms with E-state index in [0.717, 1.165) is 42.2 Å². The van der Waals surface area contributed by atoms with Crippen LogP contribution in [0.5, 0.6) is 0 Å². The second-order valence-electron chi connectivity index (χ2n) is 7.99. The molecule has 0 saturated carbocycles. The van der Waals surface area contributed by atoms with Gasteiger partial charge in [0, 0.05) is 37.1 Å². The first-order chi connectivity index (χ1) is 15.9. The van der Waals surface area contributed by atoms with Gasteiger partial charge in [-0.3, -0.25) is 13.8 Å². The summed E-state index contributed by atoms with van der Waals surface area (Å²) < 4.78 is 4.06. The Morgan fingerprint density at radius 3 is 1.94 bits per heavy atom. The number of rotatable bonds is 3. The molecule has 0 amide bonds. The lowest BCUT2D eigenvalue weighted by Gasteiger charge is -1.96. The molecule has 0 radical (unpaired) electrons. The fourth-order valence-corrected chi connectivity index (χ4v) is 3.28. The van der Waals surface area contributed by atoms with Crippen molar-refractivity contribution in [1.29, 1.82) is 0 Å². The van der Waals surface area contributed by atoms with E-state index in [-0.39, 0.29) is 0 Å². The zero-order valence-corrected chi connectivity index (χ0v) is 20.4. The van der Waals surface area contributed by atoms with Gasteiger partial charge in [0.1, 0.15) is 11.6 Å². The van der Waals surface area contributed by atoms with Crippen molar-refractivity contribution in [2.24, 2.45) is 0 Å². The van der Waals surface area contributed by atoms with E-state index in [1.165, 1.54) is 22.4 Å². The Balaban J connectivity index is 0.000000141. The predicted octanol–water partition coefficient (Wildman–Crippen LogP) is 5.15. The van der Waals surface area contributed by atoms with Crippen molar-refractivity contribution in [2.75, 3.05) is 0 Å². The second-order valence-corrected chi connectivity index (χ2v) is 7.99. The Bertz CT molecular complexity index is 1300. The first-order valence-electron chi connectivity index (χ1n) is 11.5.